The van der Waals surface area contributed by atoms with Crippen molar-refractivity contribution in [1.82, 2.24) is 0 Å². The molecule has 0 atom stereocenters. The summed E-state index contributed by atoms with van der Waals surface area (Å²) in [6.45, 7) is 9.89. The second-order valence-corrected chi connectivity index (χ2v) is 11.1. The molecule has 0 aromatic heterocycles. The first kappa shape index (κ1) is 31.5. The van der Waals surface area contributed by atoms with Crippen molar-refractivity contribution in [2.45, 2.75) is 169 Å². The number of esters is 1. The van der Waals surface area contributed by atoms with E-state index in [9.17, 15) is 4.79 Å². The largest absolute Gasteiger partial charge is 0.466 e. The summed E-state index contributed by atoms with van der Waals surface area (Å²) in [4.78, 5) is 11.8. The topological polar surface area (TPSA) is 26.3 Å². The average Bonchev–Trinajstić information content (AvgIpc) is 2.74. The fourth-order valence-electron chi connectivity index (χ4n) is 4.39. The summed E-state index contributed by atoms with van der Waals surface area (Å²) in [5.41, 5.74) is 0. The van der Waals surface area contributed by atoms with Gasteiger partial charge in [-0.25, -0.2) is 0 Å². The summed E-state index contributed by atoms with van der Waals surface area (Å²) in [6, 6.07) is 0. The SMILES string of the molecule is CC(C)CCCCCCCCCCCCCCC(=O)OCCCCCCCCCC(C)C. The number of hydrogen-bond acceptors (Lipinski definition) is 2. The minimum absolute atomic E-state index is 0.0204. The van der Waals surface area contributed by atoms with Crippen LogP contribution in [0.4, 0.5) is 0 Å². The van der Waals surface area contributed by atoms with Gasteiger partial charge in [0.05, 0.1) is 6.61 Å². The number of carbonyl (C=O) groups is 1. The summed E-state index contributed by atoms with van der Waals surface area (Å²) >= 11 is 0. The standard InChI is InChI=1S/C30H60O2/c1-28(2)24-20-16-12-9-7-5-6-8-10-14-18-22-26-30(31)32-27-23-19-15-11-13-17-21-25-29(3)4/h28-29H,5-27H2,1-4H3. The van der Waals surface area contributed by atoms with Crippen LogP contribution in [0.15, 0.2) is 0 Å². The van der Waals surface area contributed by atoms with Crippen molar-refractivity contribution < 1.29 is 9.53 Å². The molecule has 0 spiro atoms. The molecule has 2 heteroatoms. The number of unbranched alkanes of at least 4 members (excludes halogenated alkanes) is 17. The number of hydrogen-bond donors (Lipinski definition) is 0. The zero-order valence-electron chi connectivity index (χ0n) is 22.7. The maximum atomic E-state index is 11.8. The highest BCUT2D eigenvalue weighted by Crippen LogP contribution is 2.15. The van der Waals surface area contributed by atoms with Crippen molar-refractivity contribution in [1.29, 1.82) is 0 Å². The Hall–Kier alpha value is -0.530. The summed E-state index contributed by atoms with van der Waals surface area (Å²) in [5.74, 6) is 1.74. The third-order valence-electron chi connectivity index (χ3n) is 6.60. The summed E-state index contributed by atoms with van der Waals surface area (Å²) in [5, 5.41) is 0. The smallest absolute Gasteiger partial charge is 0.305 e. The molecule has 0 heterocycles. The van der Waals surface area contributed by atoms with Gasteiger partial charge in [0.2, 0.25) is 0 Å². The Bertz CT molecular complexity index is 375. The lowest BCUT2D eigenvalue weighted by Crippen LogP contribution is -2.05. The number of ether oxygens (including phenoxy) is 1. The molecular weight excluding hydrogens is 392 g/mol. The monoisotopic (exact) mass is 452 g/mol. The maximum Gasteiger partial charge on any atom is 0.305 e. The normalized spacial score (nSPS) is 11.6. The summed E-state index contributed by atoms with van der Waals surface area (Å²) in [6.07, 6.45) is 28.5. The first-order chi connectivity index (χ1) is 15.5. The third kappa shape index (κ3) is 27.5. The van der Waals surface area contributed by atoms with Crippen molar-refractivity contribution in [3.05, 3.63) is 0 Å². The fourth-order valence-corrected chi connectivity index (χ4v) is 4.39. The van der Waals surface area contributed by atoms with Crippen molar-refractivity contribution in [3.63, 3.8) is 0 Å². The van der Waals surface area contributed by atoms with Crippen LogP contribution in [0.2, 0.25) is 0 Å². The average molecular weight is 453 g/mol. The van der Waals surface area contributed by atoms with Crippen LogP contribution < -0.4 is 0 Å². The van der Waals surface area contributed by atoms with Gasteiger partial charge in [-0.1, -0.05) is 150 Å². The quantitative estimate of drug-likeness (QED) is 0.102. The van der Waals surface area contributed by atoms with E-state index >= 15 is 0 Å². The molecule has 0 bridgehead atoms. The van der Waals surface area contributed by atoms with Crippen molar-refractivity contribution >= 4 is 5.97 Å². The van der Waals surface area contributed by atoms with E-state index in [2.05, 4.69) is 27.7 Å². The van der Waals surface area contributed by atoms with Crippen LogP contribution in [0.3, 0.4) is 0 Å². The molecule has 32 heavy (non-hydrogen) atoms. The molecule has 0 N–H and O–H groups in total. The molecule has 0 amide bonds. The molecule has 0 unspecified atom stereocenters. The van der Waals surface area contributed by atoms with Gasteiger partial charge in [0.25, 0.3) is 0 Å². The molecule has 0 saturated carbocycles. The number of rotatable bonds is 25. The molecule has 0 rings (SSSR count). The predicted molar refractivity (Wildman–Crippen MR) is 142 cm³/mol. The van der Waals surface area contributed by atoms with Crippen LogP contribution in [-0.4, -0.2) is 12.6 Å². The second-order valence-electron chi connectivity index (χ2n) is 11.1. The lowest BCUT2D eigenvalue weighted by molar-refractivity contribution is -0.143. The summed E-state index contributed by atoms with van der Waals surface area (Å²) < 4.78 is 5.39. The molecule has 0 radical (unpaired) electrons. The van der Waals surface area contributed by atoms with E-state index in [4.69, 9.17) is 4.74 Å². The van der Waals surface area contributed by atoms with Crippen LogP contribution >= 0.6 is 0 Å². The zero-order chi connectivity index (χ0) is 23.7. The van der Waals surface area contributed by atoms with Gasteiger partial charge in [0.15, 0.2) is 0 Å². The lowest BCUT2D eigenvalue weighted by atomic mass is 10.0. The highest BCUT2D eigenvalue weighted by molar-refractivity contribution is 5.69. The number of carbonyl (C=O) groups excluding carboxylic acids is 1. The Morgan fingerprint density at radius 2 is 0.781 bits per heavy atom. The van der Waals surface area contributed by atoms with E-state index in [-0.39, 0.29) is 5.97 Å². The van der Waals surface area contributed by atoms with E-state index < -0.39 is 0 Å². The van der Waals surface area contributed by atoms with Gasteiger partial charge in [-0.15, -0.1) is 0 Å². The maximum absolute atomic E-state index is 11.8. The van der Waals surface area contributed by atoms with Gasteiger partial charge in [-0.2, -0.15) is 0 Å². The van der Waals surface area contributed by atoms with E-state index in [1.54, 1.807) is 0 Å². The Balaban J connectivity index is 3.16. The lowest BCUT2D eigenvalue weighted by Gasteiger charge is -2.06. The Morgan fingerprint density at radius 1 is 0.469 bits per heavy atom. The predicted octanol–water partition coefficient (Wildman–Crippen LogP) is 10.4. The second kappa shape index (κ2) is 25.1. The third-order valence-corrected chi connectivity index (χ3v) is 6.60. The van der Waals surface area contributed by atoms with Gasteiger partial charge in [-0.05, 0) is 24.7 Å². The Kier molecular flexibility index (Phi) is 24.7. The van der Waals surface area contributed by atoms with E-state index in [1.165, 1.54) is 122 Å². The zero-order valence-corrected chi connectivity index (χ0v) is 22.7. The van der Waals surface area contributed by atoms with Crippen LogP contribution in [-0.2, 0) is 9.53 Å². The molecule has 0 aliphatic heterocycles. The van der Waals surface area contributed by atoms with Gasteiger partial charge < -0.3 is 4.74 Å². The molecule has 0 saturated heterocycles. The minimum atomic E-state index is 0.0204. The molecule has 0 aliphatic carbocycles. The Labute approximate surface area is 203 Å². The van der Waals surface area contributed by atoms with E-state index in [0.29, 0.717) is 13.0 Å². The van der Waals surface area contributed by atoms with Crippen molar-refractivity contribution in [2.75, 3.05) is 6.61 Å². The van der Waals surface area contributed by atoms with Crippen molar-refractivity contribution in [3.8, 4) is 0 Å². The van der Waals surface area contributed by atoms with Crippen LogP contribution in [0, 0.1) is 11.8 Å². The van der Waals surface area contributed by atoms with Crippen LogP contribution in [0.1, 0.15) is 169 Å². The van der Waals surface area contributed by atoms with Gasteiger partial charge in [0, 0.05) is 6.42 Å². The Morgan fingerprint density at radius 3 is 1.16 bits per heavy atom. The first-order valence-corrected chi connectivity index (χ1v) is 14.7. The minimum Gasteiger partial charge on any atom is -0.466 e. The molecular formula is C30H60O2. The van der Waals surface area contributed by atoms with Crippen LogP contribution in [0.5, 0.6) is 0 Å². The molecule has 0 fully saturated rings. The van der Waals surface area contributed by atoms with Gasteiger partial charge in [-0.3, -0.25) is 4.79 Å². The molecule has 0 aromatic carbocycles. The molecule has 0 aromatic rings. The van der Waals surface area contributed by atoms with Gasteiger partial charge in [0.1, 0.15) is 0 Å². The molecule has 2 nitrogen and oxygen atoms in total. The summed E-state index contributed by atoms with van der Waals surface area (Å²) in [7, 11) is 0. The van der Waals surface area contributed by atoms with Crippen molar-refractivity contribution in [2.24, 2.45) is 11.8 Å². The van der Waals surface area contributed by atoms with E-state index in [0.717, 1.165) is 24.7 Å². The highest BCUT2D eigenvalue weighted by atomic mass is 16.5. The highest BCUT2D eigenvalue weighted by Gasteiger charge is 2.03. The molecule has 0 aliphatic rings. The molecule has 192 valence electrons. The van der Waals surface area contributed by atoms with E-state index in [1.807, 2.05) is 0 Å². The van der Waals surface area contributed by atoms with Gasteiger partial charge >= 0.3 is 5.97 Å². The van der Waals surface area contributed by atoms with Crippen LogP contribution in [0.25, 0.3) is 0 Å². The fraction of sp³-hybridized carbons (Fsp3) is 0.967. The first-order valence-electron chi connectivity index (χ1n) is 14.7.